The molecule has 0 atom stereocenters. The summed E-state index contributed by atoms with van der Waals surface area (Å²) in [4.78, 5) is 20.7. The second-order valence-corrected chi connectivity index (χ2v) is 5.69. The van der Waals surface area contributed by atoms with Gasteiger partial charge in [0.1, 0.15) is 5.82 Å². The van der Waals surface area contributed by atoms with E-state index in [1.165, 1.54) is 0 Å². The Kier molecular flexibility index (Phi) is 6.54. The minimum atomic E-state index is 0.0147. The van der Waals surface area contributed by atoms with E-state index in [-0.39, 0.29) is 5.91 Å². The summed E-state index contributed by atoms with van der Waals surface area (Å²) in [7, 11) is 0. The summed E-state index contributed by atoms with van der Waals surface area (Å²) in [5.41, 5.74) is 3.08. The van der Waals surface area contributed by atoms with E-state index < -0.39 is 0 Å². The number of carbonyl (C=O) groups is 1. The highest BCUT2D eigenvalue weighted by Gasteiger charge is 2.04. The molecule has 128 valence electrons. The van der Waals surface area contributed by atoms with Gasteiger partial charge < -0.3 is 16.0 Å². The first-order valence-corrected chi connectivity index (χ1v) is 8.22. The van der Waals surface area contributed by atoms with Gasteiger partial charge in [0.15, 0.2) is 0 Å². The molecule has 0 saturated carbocycles. The van der Waals surface area contributed by atoms with Crippen LogP contribution in [-0.4, -0.2) is 35.5 Å². The molecular formula is C18H25N5O. The van der Waals surface area contributed by atoms with Gasteiger partial charge in [-0.2, -0.15) is 4.98 Å². The molecule has 0 unspecified atom stereocenters. The fraction of sp³-hybridized carbons (Fsp3) is 0.389. The second kappa shape index (κ2) is 8.86. The largest absolute Gasteiger partial charge is 0.370 e. The lowest BCUT2D eigenvalue weighted by Gasteiger charge is -2.10. The van der Waals surface area contributed by atoms with E-state index in [9.17, 15) is 4.79 Å². The molecule has 0 aliphatic rings. The van der Waals surface area contributed by atoms with E-state index in [0.717, 1.165) is 29.2 Å². The van der Waals surface area contributed by atoms with E-state index in [0.29, 0.717) is 25.5 Å². The highest BCUT2D eigenvalue weighted by molar-refractivity contribution is 5.78. The monoisotopic (exact) mass is 327 g/mol. The van der Waals surface area contributed by atoms with Gasteiger partial charge in [-0.05, 0) is 26.3 Å². The van der Waals surface area contributed by atoms with Gasteiger partial charge in [0.2, 0.25) is 11.9 Å². The highest BCUT2D eigenvalue weighted by atomic mass is 16.1. The third kappa shape index (κ3) is 5.87. The number of aryl methyl sites for hydroxylation is 2. The van der Waals surface area contributed by atoms with Crippen molar-refractivity contribution < 1.29 is 4.79 Å². The summed E-state index contributed by atoms with van der Waals surface area (Å²) in [5.74, 6) is 1.38. The van der Waals surface area contributed by atoms with Crippen LogP contribution in [0.1, 0.15) is 23.7 Å². The van der Waals surface area contributed by atoms with Crippen LogP contribution in [0.5, 0.6) is 0 Å². The number of carbonyl (C=O) groups excluding carboxylic acids is 1. The standard InChI is InChI=1S/C18H25N5O/c1-4-19-16-11-14(3)22-18(23-16)21-9-8-20-17(24)12-15-7-5-6-13(2)10-15/h5-7,10-11H,4,8-9,12H2,1-3H3,(H,20,24)(H2,19,21,22,23). The van der Waals surface area contributed by atoms with Gasteiger partial charge in [0.25, 0.3) is 0 Å². The molecule has 6 nitrogen and oxygen atoms in total. The third-order valence-electron chi connectivity index (χ3n) is 3.39. The summed E-state index contributed by atoms with van der Waals surface area (Å²) < 4.78 is 0. The van der Waals surface area contributed by atoms with Gasteiger partial charge >= 0.3 is 0 Å². The Balaban J connectivity index is 1.75. The fourth-order valence-corrected chi connectivity index (χ4v) is 2.37. The SMILES string of the molecule is CCNc1cc(C)nc(NCCNC(=O)Cc2cccc(C)c2)n1. The average molecular weight is 327 g/mol. The van der Waals surface area contributed by atoms with Crippen molar-refractivity contribution in [3.8, 4) is 0 Å². The average Bonchev–Trinajstić information content (AvgIpc) is 2.51. The van der Waals surface area contributed by atoms with Crippen LogP contribution in [0.4, 0.5) is 11.8 Å². The predicted octanol–water partition coefficient (Wildman–Crippen LogP) is 2.30. The Hall–Kier alpha value is -2.63. The quantitative estimate of drug-likeness (QED) is 0.648. The number of rotatable bonds is 8. The number of amides is 1. The van der Waals surface area contributed by atoms with Crippen LogP contribution >= 0.6 is 0 Å². The zero-order chi connectivity index (χ0) is 17.4. The van der Waals surface area contributed by atoms with Crippen molar-refractivity contribution in [2.45, 2.75) is 27.2 Å². The topological polar surface area (TPSA) is 78.9 Å². The zero-order valence-corrected chi connectivity index (χ0v) is 14.5. The van der Waals surface area contributed by atoms with Crippen LogP contribution in [0, 0.1) is 13.8 Å². The maximum Gasteiger partial charge on any atom is 0.224 e. The fourth-order valence-electron chi connectivity index (χ4n) is 2.37. The zero-order valence-electron chi connectivity index (χ0n) is 14.5. The Bertz CT molecular complexity index is 687. The number of nitrogens with one attached hydrogen (secondary N) is 3. The van der Waals surface area contributed by atoms with Crippen molar-refractivity contribution in [2.75, 3.05) is 30.3 Å². The molecule has 0 aliphatic heterocycles. The Morgan fingerprint density at radius 1 is 1.08 bits per heavy atom. The van der Waals surface area contributed by atoms with E-state index in [4.69, 9.17) is 0 Å². The van der Waals surface area contributed by atoms with Gasteiger partial charge in [-0.15, -0.1) is 0 Å². The minimum Gasteiger partial charge on any atom is -0.370 e. The molecule has 0 spiro atoms. The molecule has 24 heavy (non-hydrogen) atoms. The first-order valence-electron chi connectivity index (χ1n) is 8.22. The number of hydrogen-bond donors (Lipinski definition) is 3. The van der Waals surface area contributed by atoms with Crippen molar-refractivity contribution in [2.24, 2.45) is 0 Å². The Morgan fingerprint density at radius 2 is 1.92 bits per heavy atom. The molecule has 1 aromatic heterocycles. The maximum absolute atomic E-state index is 11.9. The second-order valence-electron chi connectivity index (χ2n) is 5.69. The lowest BCUT2D eigenvalue weighted by atomic mass is 10.1. The lowest BCUT2D eigenvalue weighted by molar-refractivity contribution is -0.120. The van der Waals surface area contributed by atoms with Gasteiger partial charge in [-0.1, -0.05) is 29.8 Å². The molecule has 0 aliphatic carbocycles. The molecule has 1 aromatic carbocycles. The normalized spacial score (nSPS) is 10.3. The summed E-state index contributed by atoms with van der Waals surface area (Å²) in [6, 6.07) is 9.89. The number of nitrogens with zero attached hydrogens (tertiary/aromatic N) is 2. The smallest absolute Gasteiger partial charge is 0.224 e. The van der Waals surface area contributed by atoms with Crippen LogP contribution in [0.15, 0.2) is 30.3 Å². The molecule has 3 N–H and O–H groups in total. The van der Waals surface area contributed by atoms with Crippen molar-refractivity contribution >= 4 is 17.7 Å². The summed E-state index contributed by atoms with van der Waals surface area (Å²) in [6.45, 7) is 7.89. The number of benzene rings is 1. The van der Waals surface area contributed by atoms with Crippen molar-refractivity contribution in [3.05, 3.63) is 47.2 Å². The molecule has 6 heteroatoms. The van der Waals surface area contributed by atoms with Crippen LogP contribution in [0.3, 0.4) is 0 Å². The molecular weight excluding hydrogens is 302 g/mol. The maximum atomic E-state index is 11.9. The first-order chi connectivity index (χ1) is 11.6. The number of anilines is 2. The number of hydrogen-bond acceptors (Lipinski definition) is 5. The molecule has 0 bridgehead atoms. The molecule has 2 rings (SSSR count). The van der Waals surface area contributed by atoms with E-state index in [2.05, 4.69) is 25.9 Å². The Morgan fingerprint density at radius 3 is 2.67 bits per heavy atom. The molecule has 0 saturated heterocycles. The lowest BCUT2D eigenvalue weighted by Crippen LogP contribution is -2.30. The van der Waals surface area contributed by atoms with Crippen LogP contribution in [-0.2, 0) is 11.2 Å². The van der Waals surface area contributed by atoms with Crippen LogP contribution in [0.25, 0.3) is 0 Å². The van der Waals surface area contributed by atoms with Crippen LogP contribution in [0.2, 0.25) is 0 Å². The molecule has 1 amide bonds. The minimum absolute atomic E-state index is 0.0147. The Labute approximate surface area is 143 Å². The van der Waals surface area contributed by atoms with Gasteiger partial charge in [-0.25, -0.2) is 4.98 Å². The van der Waals surface area contributed by atoms with Crippen molar-refractivity contribution in [3.63, 3.8) is 0 Å². The summed E-state index contributed by atoms with van der Waals surface area (Å²) >= 11 is 0. The highest BCUT2D eigenvalue weighted by Crippen LogP contribution is 2.09. The third-order valence-corrected chi connectivity index (χ3v) is 3.39. The summed E-state index contributed by atoms with van der Waals surface area (Å²) in [5, 5.41) is 9.21. The predicted molar refractivity (Wildman–Crippen MR) is 97.3 cm³/mol. The van der Waals surface area contributed by atoms with E-state index in [1.807, 2.05) is 51.1 Å². The summed E-state index contributed by atoms with van der Waals surface area (Å²) in [6.07, 6.45) is 0.396. The molecule has 0 fully saturated rings. The van der Waals surface area contributed by atoms with Crippen molar-refractivity contribution in [1.29, 1.82) is 0 Å². The molecule has 1 heterocycles. The van der Waals surface area contributed by atoms with Crippen LogP contribution < -0.4 is 16.0 Å². The van der Waals surface area contributed by atoms with Gasteiger partial charge in [-0.3, -0.25) is 4.79 Å². The van der Waals surface area contributed by atoms with Gasteiger partial charge in [0.05, 0.1) is 6.42 Å². The van der Waals surface area contributed by atoms with E-state index >= 15 is 0 Å². The van der Waals surface area contributed by atoms with Gasteiger partial charge in [0, 0.05) is 31.4 Å². The molecule has 0 radical (unpaired) electrons. The molecule has 2 aromatic rings. The van der Waals surface area contributed by atoms with Crippen molar-refractivity contribution in [1.82, 2.24) is 15.3 Å². The number of aromatic nitrogens is 2. The first kappa shape index (κ1) is 17.7. The van der Waals surface area contributed by atoms with E-state index in [1.54, 1.807) is 0 Å².